The maximum Gasteiger partial charge on any atom is 0.323 e. The average Bonchev–Trinajstić information content (AvgIpc) is 3.16. The third kappa shape index (κ3) is 4.10. The lowest BCUT2D eigenvalue weighted by atomic mass is 10.3. The molecule has 0 aromatic carbocycles. The Balaban J connectivity index is 1.59. The van der Waals surface area contributed by atoms with Crippen LogP contribution in [0.15, 0.2) is 24.7 Å². The summed E-state index contributed by atoms with van der Waals surface area (Å²) in [5, 5.41) is 15.0. The quantitative estimate of drug-likeness (QED) is 0.913. The number of nitrogens with zero attached hydrogens (tertiary/aromatic N) is 6. The summed E-state index contributed by atoms with van der Waals surface area (Å²) in [4.78, 5) is 14.3. The molecule has 24 heavy (non-hydrogen) atoms. The van der Waals surface area contributed by atoms with E-state index in [0.29, 0.717) is 32.1 Å². The Morgan fingerprint density at radius 2 is 2.38 bits per heavy atom. The van der Waals surface area contributed by atoms with Gasteiger partial charge in [-0.05, 0) is 26.3 Å². The third-order valence-corrected chi connectivity index (χ3v) is 3.86. The highest BCUT2D eigenvalue weighted by Gasteiger charge is 2.23. The second-order valence-corrected chi connectivity index (χ2v) is 6.13. The lowest BCUT2D eigenvalue weighted by Gasteiger charge is -2.23. The van der Waals surface area contributed by atoms with Gasteiger partial charge in [0, 0.05) is 31.6 Å². The van der Waals surface area contributed by atoms with E-state index in [9.17, 15) is 4.79 Å². The van der Waals surface area contributed by atoms with Crippen LogP contribution in [0.25, 0.3) is 0 Å². The summed E-state index contributed by atoms with van der Waals surface area (Å²) in [6, 6.07) is 1.90. The zero-order chi connectivity index (χ0) is 16.9. The molecule has 1 N–H and O–H groups in total. The third-order valence-electron chi connectivity index (χ3n) is 3.86. The molecule has 2 aromatic rings. The summed E-state index contributed by atoms with van der Waals surface area (Å²) in [5.74, 6) is 0.461. The van der Waals surface area contributed by atoms with Gasteiger partial charge in [-0.25, -0.2) is 9.48 Å². The van der Waals surface area contributed by atoms with Crippen LogP contribution in [0.1, 0.15) is 26.3 Å². The number of rotatable bonds is 4. The SMILES string of the molecule is CC(C)n1cc(NC(=O)N2CCCO[C@H](Cn3cccn3)C2)nn1. The molecule has 3 rings (SSSR count). The Labute approximate surface area is 140 Å². The summed E-state index contributed by atoms with van der Waals surface area (Å²) in [7, 11) is 0. The molecule has 3 heterocycles. The zero-order valence-electron chi connectivity index (χ0n) is 14.0. The van der Waals surface area contributed by atoms with Gasteiger partial charge in [0.1, 0.15) is 0 Å². The summed E-state index contributed by atoms with van der Waals surface area (Å²) in [6.45, 7) is 6.45. The van der Waals surface area contributed by atoms with Gasteiger partial charge in [0.15, 0.2) is 5.82 Å². The highest BCUT2D eigenvalue weighted by Crippen LogP contribution is 2.11. The van der Waals surface area contributed by atoms with Crippen molar-refractivity contribution in [2.75, 3.05) is 25.0 Å². The number of anilines is 1. The molecule has 1 saturated heterocycles. The highest BCUT2D eigenvalue weighted by molar-refractivity contribution is 5.88. The predicted octanol–water partition coefficient (Wildman–Crippen LogP) is 1.38. The molecule has 9 heteroatoms. The van der Waals surface area contributed by atoms with Gasteiger partial charge < -0.3 is 9.64 Å². The number of amides is 2. The number of carbonyl (C=O) groups is 1. The number of nitrogens with one attached hydrogen (secondary N) is 1. The molecule has 9 nitrogen and oxygen atoms in total. The monoisotopic (exact) mass is 333 g/mol. The molecule has 0 saturated carbocycles. The van der Waals surface area contributed by atoms with Crippen molar-refractivity contribution < 1.29 is 9.53 Å². The van der Waals surface area contributed by atoms with Crippen molar-refractivity contribution in [2.24, 2.45) is 0 Å². The van der Waals surface area contributed by atoms with Crippen molar-refractivity contribution in [3.8, 4) is 0 Å². The fraction of sp³-hybridized carbons (Fsp3) is 0.600. The number of carbonyl (C=O) groups excluding carboxylic acids is 1. The largest absolute Gasteiger partial charge is 0.374 e. The van der Waals surface area contributed by atoms with Crippen LogP contribution in [-0.4, -0.2) is 61.5 Å². The lowest BCUT2D eigenvalue weighted by molar-refractivity contribution is 0.0442. The normalized spacial score (nSPS) is 18.6. The molecule has 2 aromatic heterocycles. The predicted molar refractivity (Wildman–Crippen MR) is 87.6 cm³/mol. The Morgan fingerprint density at radius 1 is 1.50 bits per heavy atom. The molecule has 1 atom stereocenters. The van der Waals surface area contributed by atoms with Crippen molar-refractivity contribution in [1.82, 2.24) is 29.7 Å². The van der Waals surface area contributed by atoms with Crippen LogP contribution in [0, 0.1) is 0 Å². The van der Waals surface area contributed by atoms with E-state index in [-0.39, 0.29) is 18.2 Å². The smallest absolute Gasteiger partial charge is 0.323 e. The van der Waals surface area contributed by atoms with E-state index < -0.39 is 0 Å². The highest BCUT2D eigenvalue weighted by atomic mass is 16.5. The molecule has 0 unspecified atom stereocenters. The summed E-state index contributed by atoms with van der Waals surface area (Å²) >= 11 is 0. The molecule has 0 radical (unpaired) electrons. The summed E-state index contributed by atoms with van der Waals surface area (Å²) < 4.78 is 9.36. The fourth-order valence-corrected chi connectivity index (χ4v) is 2.58. The van der Waals surface area contributed by atoms with Gasteiger partial charge in [-0.3, -0.25) is 10.00 Å². The van der Waals surface area contributed by atoms with E-state index in [1.165, 1.54) is 0 Å². The average molecular weight is 333 g/mol. The topological polar surface area (TPSA) is 90.1 Å². The van der Waals surface area contributed by atoms with Crippen LogP contribution in [0.3, 0.4) is 0 Å². The maximum absolute atomic E-state index is 12.5. The first-order valence-corrected chi connectivity index (χ1v) is 8.18. The van der Waals surface area contributed by atoms with Crippen molar-refractivity contribution in [2.45, 2.75) is 39.0 Å². The molecular weight excluding hydrogens is 310 g/mol. The Hall–Kier alpha value is -2.42. The molecule has 130 valence electrons. The fourth-order valence-electron chi connectivity index (χ4n) is 2.58. The first-order chi connectivity index (χ1) is 11.6. The molecule has 1 fully saturated rings. The van der Waals surface area contributed by atoms with Gasteiger partial charge in [0.05, 0.1) is 25.4 Å². The minimum Gasteiger partial charge on any atom is -0.374 e. The van der Waals surface area contributed by atoms with E-state index in [0.717, 1.165) is 6.42 Å². The first kappa shape index (κ1) is 16.4. The van der Waals surface area contributed by atoms with Crippen LogP contribution < -0.4 is 5.32 Å². The van der Waals surface area contributed by atoms with Crippen LogP contribution in [0.5, 0.6) is 0 Å². The Kier molecular flexibility index (Phi) is 5.09. The van der Waals surface area contributed by atoms with Crippen molar-refractivity contribution in [1.29, 1.82) is 0 Å². The second-order valence-electron chi connectivity index (χ2n) is 6.13. The molecule has 0 bridgehead atoms. The van der Waals surface area contributed by atoms with Crippen LogP contribution >= 0.6 is 0 Å². The van der Waals surface area contributed by atoms with E-state index in [1.807, 2.05) is 30.8 Å². The molecule has 1 aliphatic rings. The van der Waals surface area contributed by atoms with Gasteiger partial charge in [-0.15, -0.1) is 5.10 Å². The van der Waals surface area contributed by atoms with Gasteiger partial charge in [-0.2, -0.15) is 5.10 Å². The minimum atomic E-state index is -0.179. The minimum absolute atomic E-state index is 0.0792. The van der Waals surface area contributed by atoms with E-state index in [1.54, 1.807) is 22.0 Å². The Bertz CT molecular complexity index is 653. The number of hydrogen-bond donors (Lipinski definition) is 1. The number of ether oxygens (including phenoxy) is 1. The van der Waals surface area contributed by atoms with Crippen LogP contribution in [0.2, 0.25) is 0 Å². The molecular formula is C15H23N7O2. The van der Waals surface area contributed by atoms with Crippen molar-refractivity contribution in [3.05, 3.63) is 24.7 Å². The van der Waals surface area contributed by atoms with Gasteiger partial charge in [0.2, 0.25) is 0 Å². The number of hydrogen-bond acceptors (Lipinski definition) is 5. The van der Waals surface area contributed by atoms with E-state index in [4.69, 9.17) is 4.74 Å². The second kappa shape index (κ2) is 7.43. The molecule has 0 aliphatic carbocycles. The lowest BCUT2D eigenvalue weighted by Crippen LogP contribution is -2.41. The van der Waals surface area contributed by atoms with Crippen LogP contribution in [0.4, 0.5) is 10.6 Å². The van der Waals surface area contributed by atoms with Gasteiger partial charge in [0.25, 0.3) is 0 Å². The molecule has 1 aliphatic heterocycles. The van der Waals surface area contributed by atoms with Gasteiger partial charge in [-0.1, -0.05) is 5.21 Å². The Morgan fingerprint density at radius 3 is 3.08 bits per heavy atom. The summed E-state index contributed by atoms with van der Waals surface area (Å²) in [6.07, 6.45) is 6.09. The first-order valence-electron chi connectivity index (χ1n) is 8.18. The zero-order valence-corrected chi connectivity index (χ0v) is 14.0. The van der Waals surface area contributed by atoms with Crippen molar-refractivity contribution >= 4 is 11.8 Å². The van der Waals surface area contributed by atoms with E-state index >= 15 is 0 Å². The van der Waals surface area contributed by atoms with Crippen LogP contribution in [-0.2, 0) is 11.3 Å². The number of aromatic nitrogens is 5. The number of urea groups is 1. The summed E-state index contributed by atoms with van der Waals surface area (Å²) in [5.41, 5.74) is 0. The van der Waals surface area contributed by atoms with E-state index in [2.05, 4.69) is 20.7 Å². The van der Waals surface area contributed by atoms with Crippen molar-refractivity contribution in [3.63, 3.8) is 0 Å². The maximum atomic E-state index is 12.5. The standard InChI is InChI=1S/C15H23N7O2/c1-12(2)22-11-14(18-19-22)17-15(23)20-6-4-8-24-13(9-20)10-21-7-3-5-16-21/h3,5,7,11-13H,4,6,8-10H2,1-2H3,(H,17,23)/t13-/m0/s1. The molecule has 2 amide bonds. The van der Waals surface area contributed by atoms with Gasteiger partial charge >= 0.3 is 6.03 Å². The molecule has 0 spiro atoms.